The summed E-state index contributed by atoms with van der Waals surface area (Å²) in [4.78, 5) is 1.31. The van der Waals surface area contributed by atoms with Gasteiger partial charge in [0.2, 0.25) is 0 Å². The SMILES string of the molecule is CCNC(c1cc(Cl)cc(Cl)c1)c1csc(C)c1. The van der Waals surface area contributed by atoms with Crippen LogP contribution in [0.1, 0.15) is 29.0 Å². The van der Waals surface area contributed by atoms with Crippen LogP contribution < -0.4 is 5.32 Å². The normalized spacial score (nSPS) is 12.7. The van der Waals surface area contributed by atoms with Crippen molar-refractivity contribution in [3.8, 4) is 0 Å². The maximum Gasteiger partial charge on any atom is 0.0586 e. The molecule has 0 aliphatic rings. The van der Waals surface area contributed by atoms with Crippen LogP contribution in [0.4, 0.5) is 0 Å². The number of hydrogen-bond donors (Lipinski definition) is 1. The molecule has 1 unspecified atom stereocenters. The summed E-state index contributed by atoms with van der Waals surface area (Å²) in [6, 6.07) is 8.04. The van der Waals surface area contributed by atoms with Gasteiger partial charge in [-0.25, -0.2) is 0 Å². The highest BCUT2D eigenvalue weighted by molar-refractivity contribution is 7.10. The second-order valence-electron chi connectivity index (χ2n) is 4.18. The van der Waals surface area contributed by atoms with Crippen LogP contribution in [0.25, 0.3) is 0 Å². The first-order chi connectivity index (χ1) is 8.60. The number of thiophene rings is 1. The minimum absolute atomic E-state index is 0.149. The van der Waals surface area contributed by atoms with Crippen molar-refractivity contribution in [2.24, 2.45) is 0 Å². The second-order valence-corrected chi connectivity index (χ2v) is 6.17. The molecule has 0 spiro atoms. The monoisotopic (exact) mass is 299 g/mol. The molecular weight excluding hydrogens is 285 g/mol. The molecule has 0 amide bonds. The smallest absolute Gasteiger partial charge is 0.0586 e. The van der Waals surface area contributed by atoms with E-state index in [0.717, 1.165) is 12.1 Å². The first kappa shape index (κ1) is 13.9. The fourth-order valence-corrected chi connectivity index (χ4v) is 3.26. The Morgan fingerprint density at radius 1 is 1.11 bits per heavy atom. The van der Waals surface area contributed by atoms with Crippen molar-refractivity contribution in [2.75, 3.05) is 6.54 Å². The fraction of sp³-hybridized carbons (Fsp3) is 0.286. The van der Waals surface area contributed by atoms with Crippen LogP contribution in [0.3, 0.4) is 0 Å². The zero-order chi connectivity index (χ0) is 13.1. The van der Waals surface area contributed by atoms with Crippen molar-refractivity contribution < 1.29 is 0 Å². The van der Waals surface area contributed by atoms with E-state index < -0.39 is 0 Å². The topological polar surface area (TPSA) is 12.0 Å². The number of hydrogen-bond acceptors (Lipinski definition) is 2. The van der Waals surface area contributed by atoms with E-state index in [1.165, 1.54) is 10.4 Å². The van der Waals surface area contributed by atoms with Gasteiger partial charge >= 0.3 is 0 Å². The molecule has 0 radical (unpaired) electrons. The van der Waals surface area contributed by atoms with Gasteiger partial charge in [0.15, 0.2) is 0 Å². The lowest BCUT2D eigenvalue weighted by Gasteiger charge is -2.18. The zero-order valence-corrected chi connectivity index (χ0v) is 12.7. The average molecular weight is 300 g/mol. The van der Waals surface area contributed by atoms with Crippen LogP contribution in [-0.4, -0.2) is 6.54 Å². The van der Waals surface area contributed by atoms with Crippen LogP contribution in [0.5, 0.6) is 0 Å². The Morgan fingerprint density at radius 3 is 2.28 bits per heavy atom. The Morgan fingerprint density at radius 2 is 1.78 bits per heavy atom. The summed E-state index contributed by atoms with van der Waals surface area (Å²) in [5.74, 6) is 0. The summed E-state index contributed by atoms with van der Waals surface area (Å²) in [5.41, 5.74) is 2.37. The van der Waals surface area contributed by atoms with E-state index >= 15 is 0 Å². The van der Waals surface area contributed by atoms with Gasteiger partial charge in [-0.2, -0.15) is 0 Å². The van der Waals surface area contributed by atoms with Gasteiger partial charge in [-0.05, 0) is 54.2 Å². The average Bonchev–Trinajstić information content (AvgIpc) is 2.71. The molecule has 4 heteroatoms. The van der Waals surface area contributed by atoms with Gasteiger partial charge in [0.25, 0.3) is 0 Å². The standard InChI is InChI=1S/C14H15Cl2NS/c1-3-17-14(11-4-9(2)18-8-11)10-5-12(15)7-13(16)6-10/h4-8,14,17H,3H2,1-2H3. The maximum atomic E-state index is 6.08. The maximum absolute atomic E-state index is 6.08. The zero-order valence-electron chi connectivity index (χ0n) is 10.3. The Balaban J connectivity index is 2.40. The Hall–Kier alpha value is -0.540. The second kappa shape index (κ2) is 6.07. The van der Waals surface area contributed by atoms with Crippen molar-refractivity contribution >= 4 is 34.5 Å². The molecule has 1 heterocycles. The quantitative estimate of drug-likeness (QED) is 0.832. The van der Waals surface area contributed by atoms with Crippen LogP contribution in [0.15, 0.2) is 29.6 Å². The third kappa shape index (κ3) is 3.27. The predicted molar refractivity (Wildman–Crippen MR) is 81.0 cm³/mol. The number of rotatable bonds is 4. The molecule has 0 aliphatic carbocycles. The predicted octanol–water partition coefficient (Wildman–Crippen LogP) is 5.06. The van der Waals surface area contributed by atoms with Crippen LogP contribution in [0.2, 0.25) is 10.0 Å². The lowest BCUT2D eigenvalue weighted by atomic mass is 10.0. The van der Waals surface area contributed by atoms with Gasteiger partial charge in [0.05, 0.1) is 6.04 Å². The molecule has 2 rings (SSSR count). The molecule has 0 saturated carbocycles. The molecule has 0 saturated heterocycles. The van der Waals surface area contributed by atoms with Crippen LogP contribution >= 0.6 is 34.5 Å². The van der Waals surface area contributed by atoms with Crippen LogP contribution in [0, 0.1) is 6.92 Å². The van der Waals surface area contributed by atoms with E-state index in [9.17, 15) is 0 Å². The summed E-state index contributed by atoms with van der Waals surface area (Å²) >= 11 is 13.9. The molecule has 18 heavy (non-hydrogen) atoms. The van der Waals surface area contributed by atoms with Gasteiger partial charge in [-0.1, -0.05) is 30.1 Å². The first-order valence-electron chi connectivity index (χ1n) is 5.84. The van der Waals surface area contributed by atoms with Crippen molar-refractivity contribution in [3.63, 3.8) is 0 Å². The van der Waals surface area contributed by atoms with E-state index in [0.29, 0.717) is 10.0 Å². The Labute approximate surface area is 122 Å². The lowest BCUT2D eigenvalue weighted by Crippen LogP contribution is -2.21. The van der Waals surface area contributed by atoms with Gasteiger partial charge < -0.3 is 5.32 Å². The first-order valence-corrected chi connectivity index (χ1v) is 7.48. The summed E-state index contributed by atoms with van der Waals surface area (Å²) in [7, 11) is 0. The van der Waals surface area contributed by atoms with Gasteiger partial charge in [-0.3, -0.25) is 0 Å². The van der Waals surface area contributed by atoms with E-state index in [1.807, 2.05) is 12.1 Å². The number of aryl methyl sites for hydroxylation is 1. The molecular formula is C14H15Cl2NS. The largest absolute Gasteiger partial charge is 0.307 e. The molecule has 1 nitrogen and oxygen atoms in total. The summed E-state index contributed by atoms with van der Waals surface area (Å²) in [6.45, 7) is 5.10. The third-order valence-electron chi connectivity index (χ3n) is 2.71. The van der Waals surface area contributed by atoms with Gasteiger partial charge in [0, 0.05) is 14.9 Å². The van der Waals surface area contributed by atoms with Gasteiger partial charge in [0.1, 0.15) is 0 Å². The number of benzene rings is 1. The third-order valence-corrected chi connectivity index (χ3v) is 4.03. The van der Waals surface area contributed by atoms with E-state index in [-0.39, 0.29) is 6.04 Å². The number of nitrogens with one attached hydrogen (secondary N) is 1. The highest BCUT2D eigenvalue weighted by atomic mass is 35.5. The minimum Gasteiger partial charge on any atom is -0.307 e. The van der Waals surface area contributed by atoms with E-state index in [4.69, 9.17) is 23.2 Å². The highest BCUT2D eigenvalue weighted by Gasteiger charge is 2.15. The molecule has 1 atom stereocenters. The van der Waals surface area contributed by atoms with Crippen LogP contribution in [-0.2, 0) is 0 Å². The molecule has 0 bridgehead atoms. The number of halogens is 2. The lowest BCUT2D eigenvalue weighted by molar-refractivity contribution is 0.632. The molecule has 1 N–H and O–H groups in total. The summed E-state index contributed by atoms with van der Waals surface area (Å²) < 4.78 is 0. The Kier molecular flexibility index (Phi) is 4.68. The fourth-order valence-electron chi connectivity index (χ4n) is 1.99. The van der Waals surface area contributed by atoms with Gasteiger partial charge in [-0.15, -0.1) is 11.3 Å². The summed E-state index contributed by atoms with van der Waals surface area (Å²) in [5, 5.41) is 7.00. The molecule has 1 aromatic heterocycles. The summed E-state index contributed by atoms with van der Waals surface area (Å²) in [6.07, 6.45) is 0. The molecule has 2 aromatic rings. The molecule has 0 aliphatic heterocycles. The molecule has 1 aromatic carbocycles. The minimum atomic E-state index is 0.149. The van der Waals surface area contributed by atoms with E-state index in [2.05, 4.69) is 30.6 Å². The van der Waals surface area contributed by atoms with Crippen molar-refractivity contribution in [1.82, 2.24) is 5.32 Å². The highest BCUT2D eigenvalue weighted by Crippen LogP contribution is 2.30. The van der Waals surface area contributed by atoms with Crippen molar-refractivity contribution in [3.05, 3.63) is 55.7 Å². The van der Waals surface area contributed by atoms with E-state index in [1.54, 1.807) is 17.4 Å². The molecule has 0 fully saturated rings. The Bertz CT molecular complexity index is 516. The van der Waals surface area contributed by atoms with Crippen molar-refractivity contribution in [1.29, 1.82) is 0 Å². The van der Waals surface area contributed by atoms with Crippen molar-refractivity contribution in [2.45, 2.75) is 19.9 Å². The molecule has 96 valence electrons.